The summed E-state index contributed by atoms with van der Waals surface area (Å²) in [5.74, 6) is -0.836. The van der Waals surface area contributed by atoms with Crippen molar-refractivity contribution in [3.63, 3.8) is 0 Å². The van der Waals surface area contributed by atoms with Gasteiger partial charge in [0.1, 0.15) is 6.61 Å². The molecule has 0 atom stereocenters. The van der Waals surface area contributed by atoms with E-state index in [1.807, 2.05) is 18.2 Å². The molecule has 0 heterocycles. The van der Waals surface area contributed by atoms with E-state index in [0.717, 1.165) is 20.8 Å². The second-order valence-corrected chi connectivity index (χ2v) is 8.15. The highest BCUT2D eigenvalue weighted by Crippen LogP contribution is 2.33. The fraction of sp³-hybridized carbons (Fsp3) is 0.0870. The minimum absolute atomic E-state index is 0.186. The molecule has 148 valence electrons. The second kappa shape index (κ2) is 9.39. The van der Waals surface area contributed by atoms with Crippen LogP contribution in [-0.2, 0) is 15.1 Å². The van der Waals surface area contributed by atoms with Crippen molar-refractivity contribution < 1.29 is 19.7 Å². The van der Waals surface area contributed by atoms with Crippen LogP contribution in [0.4, 0.5) is 0 Å². The van der Waals surface area contributed by atoms with Crippen LogP contribution in [0.1, 0.15) is 16.7 Å². The Balaban J connectivity index is 1.92. The minimum Gasteiger partial charge on any atom is -0.515 e. The standard InChI is InChI=1S/C23H18Br2O4/c24-20-10-6-18(7-11-20)23(28,19-8-12-21(25)13-9-19)22(27)29-15-17(14-26)16-4-2-1-3-5-16/h1-14,26,28H,15H2. The smallest absolute Gasteiger partial charge is 0.348 e. The molecule has 0 aliphatic carbocycles. The summed E-state index contributed by atoms with van der Waals surface area (Å²) in [7, 11) is 0. The van der Waals surface area contributed by atoms with Gasteiger partial charge >= 0.3 is 5.97 Å². The van der Waals surface area contributed by atoms with Crippen molar-refractivity contribution in [2.24, 2.45) is 0 Å². The van der Waals surface area contributed by atoms with Crippen molar-refractivity contribution in [1.29, 1.82) is 0 Å². The van der Waals surface area contributed by atoms with E-state index in [-0.39, 0.29) is 6.61 Å². The van der Waals surface area contributed by atoms with Crippen LogP contribution in [0.5, 0.6) is 0 Å². The van der Waals surface area contributed by atoms with Gasteiger partial charge in [-0.25, -0.2) is 4.79 Å². The second-order valence-electron chi connectivity index (χ2n) is 6.32. The van der Waals surface area contributed by atoms with E-state index in [9.17, 15) is 15.0 Å². The fourth-order valence-electron chi connectivity index (χ4n) is 2.88. The SMILES string of the molecule is O=C(OCC(=CO)c1ccccc1)C(O)(c1ccc(Br)cc1)c1ccc(Br)cc1. The Bertz CT molecular complexity index is 952. The topological polar surface area (TPSA) is 66.8 Å². The first-order valence-electron chi connectivity index (χ1n) is 8.75. The van der Waals surface area contributed by atoms with Crippen LogP contribution in [0.15, 0.2) is 94.1 Å². The van der Waals surface area contributed by atoms with Gasteiger partial charge in [-0.15, -0.1) is 0 Å². The number of carbonyl (C=O) groups excluding carboxylic acids is 1. The maximum absolute atomic E-state index is 13.1. The largest absolute Gasteiger partial charge is 0.515 e. The summed E-state index contributed by atoms with van der Waals surface area (Å²) >= 11 is 6.72. The number of hydrogen-bond donors (Lipinski definition) is 2. The molecule has 6 heteroatoms. The molecule has 3 aromatic rings. The van der Waals surface area contributed by atoms with Gasteiger partial charge in [0.2, 0.25) is 5.60 Å². The van der Waals surface area contributed by atoms with E-state index in [1.165, 1.54) is 0 Å². The van der Waals surface area contributed by atoms with Gasteiger partial charge in [0.05, 0.1) is 6.26 Å². The van der Waals surface area contributed by atoms with Crippen molar-refractivity contribution >= 4 is 43.4 Å². The van der Waals surface area contributed by atoms with Crippen LogP contribution in [0.25, 0.3) is 5.57 Å². The predicted molar refractivity (Wildman–Crippen MR) is 119 cm³/mol. The summed E-state index contributed by atoms with van der Waals surface area (Å²) in [6, 6.07) is 22.7. The van der Waals surface area contributed by atoms with Gasteiger partial charge in [0, 0.05) is 14.5 Å². The van der Waals surface area contributed by atoms with E-state index < -0.39 is 11.6 Å². The summed E-state index contributed by atoms with van der Waals surface area (Å²) in [5.41, 5.74) is -0.102. The number of benzene rings is 3. The number of carbonyl (C=O) groups is 1. The summed E-state index contributed by atoms with van der Waals surface area (Å²) in [6.45, 7) is -0.186. The summed E-state index contributed by atoms with van der Waals surface area (Å²) in [6.07, 6.45) is 0.904. The van der Waals surface area contributed by atoms with E-state index in [2.05, 4.69) is 31.9 Å². The maximum Gasteiger partial charge on any atom is 0.348 e. The highest BCUT2D eigenvalue weighted by molar-refractivity contribution is 9.10. The zero-order chi connectivity index (χ0) is 20.9. The number of esters is 1. The van der Waals surface area contributed by atoms with Crippen molar-refractivity contribution in [1.82, 2.24) is 0 Å². The number of aliphatic hydroxyl groups is 2. The molecule has 0 saturated heterocycles. The lowest BCUT2D eigenvalue weighted by Crippen LogP contribution is -2.38. The third kappa shape index (κ3) is 4.78. The molecule has 0 saturated carbocycles. The molecule has 0 spiro atoms. The van der Waals surface area contributed by atoms with Crippen molar-refractivity contribution in [3.8, 4) is 0 Å². The Kier molecular flexibility index (Phi) is 6.90. The molecule has 0 aromatic heterocycles. The highest BCUT2D eigenvalue weighted by atomic mass is 79.9. The van der Waals surface area contributed by atoms with Gasteiger partial charge in [-0.05, 0) is 41.0 Å². The van der Waals surface area contributed by atoms with Gasteiger partial charge in [-0.2, -0.15) is 0 Å². The molecule has 4 nitrogen and oxygen atoms in total. The summed E-state index contributed by atoms with van der Waals surface area (Å²) in [4.78, 5) is 13.1. The summed E-state index contributed by atoms with van der Waals surface area (Å²) in [5, 5.41) is 21.0. The number of ether oxygens (including phenoxy) is 1. The zero-order valence-electron chi connectivity index (χ0n) is 15.3. The van der Waals surface area contributed by atoms with Gasteiger partial charge in [-0.1, -0.05) is 86.5 Å². The van der Waals surface area contributed by atoms with Gasteiger partial charge in [-0.3, -0.25) is 0 Å². The third-order valence-corrected chi connectivity index (χ3v) is 5.54. The molecule has 0 amide bonds. The van der Waals surface area contributed by atoms with Crippen LogP contribution in [0, 0.1) is 0 Å². The van der Waals surface area contributed by atoms with Gasteiger partial charge < -0.3 is 14.9 Å². The molecule has 0 aliphatic heterocycles. The molecular weight excluding hydrogens is 500 g/mol. The molecular formula is C23H18Br2O4. The highest BCUT2D eigenvalue weighted by Gasteiger charge is 2.41. The Morgan fingerprint density at radius 2 is 1.34 bits per heavy atom. The average molecular weight is 518 g/mol. The van der Waals surface area contributed by atoms with E-state index in [1.54, 1.807) is 60.7 Å². The predicted octanol–water partition coefficient (Wildman–Crippen LogP) is 5.59. The Hall–Kier alpha value is -2.41. The quantitative estimate of drug-likeness (QED) is 0.330. The lowest BCUT2D eigenvalue weighted by atomic mass is 9.86. The Morgan fingerprint density at radius 1 is 0.862 bits per heavy atom. The molecule has 0 unspecified atom stereocenters. The lowest BCUT2D eigenvalue weighted by Gasteiger charge is -2.27. The van der Waals surface area contributed by atoms with Crippen LogP contribution >= 0.6 is 31.9 Å². The molecule has 2 N–H and O–H groups in total. The third-order valence-electron chi connectivity index (χ3n) is 4.48. The maximum atomic E-state index is 13.1. The van der Waals surface area contributed by atoms with Crippen LogP contribution in [-0.4, -0.2) is 22.8 Å². The van der Waals surface area contributed by atoms with Crippen molar-refractivity contribution in [2.75, 3.05) is 6.61 Å². The molecule has 0 fully saturated rings. The van der Waals surface area contributed by atoms with Gasteiger partial charge in [0.15, 0.2) is 0 Å². The minimum atomic E-state index is -2.00. The molecule has 29 heavy (non-hydrogen) atoms. The molecule has 0 radical (unpaired) electrons. The lowest BCUT2D eigenvalue weighted by molar-refractivity contribution is -0.160. The van der Waals surface area contributed by atoms with Crippen LogP contribution in [0.3, 0.4) is 0 Å². The van der Waals surface area contributed by atoms with E-state index in [4.69, 9.17) is 4.74 Å². The first-order chi connectivity index (χ1) is 13.9. The van der Waals surface area contributed by atoms with Crippen molar-refractivity contribution in [3.05, 3.63) is 111 Å². The Labute approximate surface area is 185 Å². The zero-order valence-corrected chi connectivity index (χ0v) is 18.4. The number of halogens is 2. The number of aliphatic hydroxyl groups excluding tert-OH is 1. The molecule has 3 rings (SSSR count). The molecule has 0 aliphatic rings. The Morgan fingerprint density at radius 3 is 1.79 bits per heavy atom. The fourth-order valence-corrected chi connectivity index (χ4v) is 3.41. The summed E-state index contributed by atoms with van der Waals surface area (Å²) < 4.78 is 7.09. The van der Waals surface area contributed by atoms with Crippen molar-refractivity contribution in [2.45, 2.75) is 5.60 Å². The monoisotopic (exact) mass is 516 g/mol. The van der Waals surface area contributed by atoms with E-state index in [0.29, 0.717) is 16.7 Å². The number of hydrogen-bond acceptors (Lipinski definition) is 4. The first-order valence-corrected chi connectivity index (χ1v) is 10.3. The first kappa shape index (κ1) is 21.3. The van der Waals surface area contributed by atoms with E-state index >= 15 is 0 Å². The molecule has 3 aromatic carbocycles. The average Bonchev–Trinajstić information content (AvgIpc) is 2.75. The van der Waals surface area contributed by atoms with Crippen LogP contribution in [0.2, 0.25) is 0 Å². The number of rotatable bonds is 6. The van der Waals surface area contributed by atoms with Gasteiger partial charge in [0.25, 0.3) is 0 Å². The van der Waals surface area contributed by atoms with Crippen LogP contribution < -0.4 is 0 Å². The molecule has 0 bridgehead atoms. The normalized spacial score (nSPS) is 11.9.